The molecule has 0 radical (unpaired) electrons. The minimum Gasteiger partial charge on any atom is -0.455 e. The van der Waals surface area contributed by atoms with Gasteiger partial charge in [0.25, 0.3) is 0 Å². The molecule has 0 saturated heterocycles. The van der Waals surface area contributed by atoms with Gasteiger partial charge in [-0.05, 0) is 61.7 Å². The van der Waals surface area contributed by atoms with Crippen LogP contribution < -0.4 is 32.2 Å². The van der Waals surface area contributed by atoms with E-state index in [2.05, 4.69) is 20.5 Å². The Morgan fingerprint density at radius 3 is 2.50 bits per heavy atom. The van der Waals surface area contributed by atoms with Gasteiger partial charge in [-0.15, -0.1) is 10.2 Å². The molecule has 40 heavy (non-hydrogen) atoms. The number of carbonyl (C=O) groups excluding carboxylic acids is 2. The van der Waals surface area contributed by atoms with Crippen molar-refractivity contribution in [3.8, 4) is 5.75 Å². The molecule has 3 aromatic rings. The Bertz CT molecular complexity index is 1320. The van der Waals surface area contributed by atoms with E-state index < -0.39 is 12.1 Å². The third-order valence-corrected chi connectivity index (χ3v) is 5.99. The van der Waals surface area contributed by atoms with Crippen molar-refractivity contribution in [3.05, 3.63) is 66.2 Å². The number of amides is 2. The van der Waals surface area contributed by atoms with Crippen molar-refractivity contribution in [2.24, 2.45) is 21.7 Å². The third kappa shape index (κ3) is 8.48. The maximum atomic E-state index is 12.5. The van der Waals surface area contributed by atoms with Gasteiger partial charge in [-0.2, -0.15) is 0 Å². The number of azo groups is 1. The Kier molecular flexibility index (Phi) is 11.4. The van der Waals surface area contributed by atoms with E-state index in [0.717, 1.165) is 30.5 Å². The molecule has 0 bridgehead atoms. The van der Waals surface area contributed by atoms with E-state index in [4.69, 9.17) is 26.7 Å². The van der Waals surface area contributed by atoms with Crippen molar-refractivity contribution < 1.29 is 19.1 Å². The molecule has 2 aromatic carbocycles. The van der Waals surface area contributed by atoms with Crippen molar-refractivity contribution in [2.75, 3.05) is 36.3 Å². The zero-order valence-corrected chi connectivity index (χ0v) is 22.7. The maximum absolute atomic E-state index is 12.5. The van der Waals surface area contributed by atoms with Crippen LogP contribution in [0.1, 0.15) is 31.7 Å². The number of para-hydroxylation sites is 2. The number of nitrogens with two attached hydrogens (primary N) is 3. The number of ether oxygens (including phenoxy) is 2. The van der Waals surface area contributed by atoms with Crippen molar-refractivity contribution in [3.63, 3.8) is 0 Å². The van der Waals surface area contributed by atoms with Gasteiger partial charge >= 0.3 is 6.09 Å². The molecular formula is C28H36N8O4. The van der Waals surface area contributed by atoms with Crippen LogP contribution in [0.5, 0.6) is 5.75 Å². The van der Waals surface area contributed by atoms with Crippen LogP contribution in [0.4, 0.5) is 33.5 Å². The number of hydrogen-bond donors (Lipinski definition) is 4. The number of pyridine rings is 1. The number of benzene rings is 2. The summed E-state index contributed by atoms with van der Waals surface area (Å²) in [4.78, 5) is 30.4. The van der Waals surface area contributed by atoms with E-state index in [1.807, 2.05) is 31.2 Å². The van der Waals surface area contributed by atoms with Crippen molar-refractivity contribution in [1.82, 2.24) is 4.98 Å². The number of rotatable bonds is 13. The highest BCUT2D eigenvalue weighted by atomic mass is 16.7. The van der Waals surface area contributed by atoms with Crippen molar-refractivity contribution in [1.29, 1.82) is 0 Å². The summed E-state index contributed by atoms with van der Waals surface area (Å²) < 4.78 is 11.0. The van der Waals surface area contributed by atoms with E-state index in [9.17, 15) is 9.59 Å². The predicted octanol–water partition coefficient (Wildman–Crippen LogP) is 4.65. The fourth-order valence-electron chi connectivity index (χ4n) is 3.73. The summed E-state index contributed by atoms with van der Waals surface area (Å²) in [5.41, 5.74) is 19.9. The molecule has 12 nitrogen and oxygen atoms in total. The smallest absolute Gasteiger partial charge is 0.416 e. The number of nitrogens with zero attached hydrogens (tertiary/aromatic N) is 4. The molecular weight excluding hydrogens is 512 g/mol. The molecule has 0 saturated carbocycles. The van der Waals surface area contributed by atoms with Crippen LogP contribution in [0.3, 0.4) is 0 Å². The molecule has 1 aromatic heterocycles. The zero-order chi connectivity index (χ0) is 28.9. The summed E-state index contributed by atoms with van der Waals surface area (Å²) >= 11 is 0. The minimum atomic E-state index is -0.669. The lowest BCUT2D eigenvalue weighted by Gasteiger charge is -2.20. The van der Waals surface area contributed by atoms with Crippen LogP contribution in [-0.4, -0.2) is 43.4 Å². The molecule has 0 aliphatic carbocycles. The molecule has 0 aliphatic heterocycles. The van der Waals surface area contributed by atoms with Crippen LogP contribution in [0, 0.1) is 0 Å². The van der Waals surface area contributed by atoms with Gasteiger partial charge in [0.05, 0.1) is 6.04 Å². The highest BCUT2D eigenvalue weighted by Crippen LogP contribution is 2.30. The highest BCUT2D eigenvalue weighted by Gasteiger charge is 2.16. The zero-order valence-electron chi connectivity index (χ0n) is 22.7. The first-order valence-corrected chi connectivity index (χ1v) is 13.0. The molecule has 3 rings (SSSR count). The number of aromatic nitrogens is 1. The maximum Gasteiger partial charge on any atom is 0.416 e. The van der Waals surface area contributed by atoms with E-state index in [1.165, 1.54) is 4.90 Å². The van der Waals surface area contributed by atoms with Crippen molar-refractivity contribution >= 4 is 40.7 Å². The topological polar surface area (TPSA) is 184 Å². The lowest BCUT2D eigenvalue weighted by Crippen LogP contribution is -2.35. The Balaban J connectivity index is 1.58. The van der Waals surface area contributed by atoms with Gasteiger partial charge in [-0.1, -0.05) is 43.7 Å². The van der Waals surface area contributed by atoms with Gasteiger partial charge in [0, 0.05) is 12.7 Å². The second-order valence-electron chi connectivity index (χ2n) is 8.86. The number of nitrogens with one attached hydrogen (secondary N) is 1. The summed E-state index contributed by atoms with van der Waals surface area (Å²) in [6.45, 7) is 2.25. The fraction of sp³-hybridized carbons (Fsp3) is 0.321. The number of carbonyl (C=O) groups is 2. The third-order valence-electron chi connectivity index (χ3n) is 5.99. The standard InChI is InChI=1S/C28H36N8O4/c1-3-19-10-4-6-13-23(19)36(2)28(38)40-18-39-24-14-7-5-12-21(24)34-35-22-15-16-25(32-26(22)31)33-27(37)20(30)11-8-9-17-29/h4-7,10,12-16,20H,3,8-9,11,17-18,29-30H2,1-2H3,(H3,31,32,33,37)/t20-/m0/s1. The number of unbranched alkanes of at least 4 members (excludes halogenated alkanes) is 1. The fourth-order valence-corrected chi connectivity index (χ4v) is 3.73. The summed E-state index contributed by atoms with van der Waals surface area (Å²) in [5.74, 6) is 0.328. The first kappa shape index (κ1) is 30.0. The van der Waals surface area contributed by atoms with Crippen LogP contribution >= 0.6 is 0 Å². The first-order chi connectivity index (χ1) is 19.3. The molecule has 0 unspecified atom stereocenters. The van der Waals surface area contributed by atoms with Gasteiger partial charge in [0.2, 0.25) is 12.7 Å². The number of anilines is 3. The highest BCUT2D eigenvalue weighted by molar-refractivity contribution is 5.94. The largest absolute Gasteiger partial charge is 0.455 e. The molecule has 12 heteroatoms. The van der Waals surface area contributed by atoms with E-state index >= 15 is 0 Å². The lowest BCUT2D eigenvalue weighted by atomic mass is 10.1. The number of nitrogen functional groups attached to an aromatic ring is 1. The van der Waals surface area contributed by atoms with Gasteiger partial charge < -0.3 is 32.0 Å². The summed E-state index contributed by atoms with van der Waals surface area (Å²) in [7, 11) is 1.64. The summed E-state index contributed by atoms with van der Waals surface area (Å²) in [6, 6.07) is 17.0. The Morgan fingerprint density at radius 2 is 1.75 bits per heavy atom. The minimum absolute atomic E-state index is 0.0704. The molecule has 1 atom stereocenters. The number of hydrogen-bond acceptors (Lipinski definition) is 10. The lowest BCUT2D eigenvalue weighted by molar-refractivity contribution is -0.117. The number of aryl methyl sites for hydroxylation is 1. The quantitative estimate of drug-likeness (QED) is 0.135. The van der Waals surface area contributed by atoms with Crippen LogP contribution in [0.15, 0.2) is 70.9 Å². The van der Waals surface area contributed by atoms with E-state index in [-0.39, 0.29) is 24.3 Å². The molecule has 0 spiro atoms. The molecule has 0 aliphatic rings. The average molecular weight is 549 g/mol. The predicted molar refractivity (Wildman–Crippen MR) is 155 cm³/mol. The molecule has 1 heterocycles. The van der Waals surface area contributed by atoms with Crippen molar-refractivity contribution in [2.45, 2.75) is 38.6 Å². The van der Waals surface area contributed by atoms with E-state index in [1.54, 1.807) is 43.4 Å². The molecule has 2 amide bonds. The molecule has 0 fully saturated rings. The van der Waals surface area contributed by atoms with Gasteiger partial charge in [0.1, 0.15) is 17.2 Å². The summed E-state index contributed by atoms with van der Waals surface area (Å²) in [6.07, 6.45) is 2.32. The van der Waals surface area contributed by atoms with Gasteiger partial charge in [-0.3, -0.25) is 9.69 Å². The normalized spacial score (nSPS) is 11.7. The summed E-state index contributed by atoms with van der Waals surface area (Å²) in [5, 5.41) is 11.0. The monoisotopic (exact) mass is 548 g/mol. The van der Waals surface area contributed by atoms with Crippen LogP contribution in [-0.2, 0) is 16.0 Å². The van der Waals surface area contributed by atoms with Gasteiger partial charge in [0.15, 0.2) is 11.6 Å². The average Bonchev–Trinajstić information content (AvgIpc) is 2.96. The first-order valence-electron chi connectivity index (χ1n) is 13.0. The van der Waals surface area contributed by atoms with Gasteiger partial charge in [-0.25, -0.2) is 9.78 Å². The Morgan fingerprint density at radius 1 is 1.02 bits per heavy atom. The SMILES string of the molecule is CCc1ccccc1N(C)C(=O)OCOc1ccccc1N=Nc1ccc(NC(=O)[C@@H](N)CCCCN)nc1N. The Hall–Kier alpha value is -4.55. The van der Waals surface area contributed by atoms with Crippen LogP contribution in [0.25, 0.3) is 0 Å². The van der Waals surface area contributed by atoms with E-state index in [0.29, 0.717) is 30.1 Å². The van der Waals surface area contributed by atoms with Crippen LogP contribution in [0.2, 0.25) is 0 Å². The molecule has 7 N–H and O–H groups in total. The second kappa shape index (κ2) is 15.1. The second-order valence-corrected chi connectivity index (χ2v) is 8.86. The molecule has 212 valence electrons. The Labute approximate surface area is 233 Å².